The number of rotatable bonds is 12. The van der Waals surface area contributed by atoms with Crippen molar-refractivity contribution < 1.29 is 18.0 Å². The van der Waals surface area contributed by atoms with E-state index < -0.39 is 28.5 Å². The van der Waals surface area contributed by atoms with Crippen LogP contribution in [0.4, 0.5) is 5.69 Å². The van der Waals surface area contributed by atoms with Gasteiger partial charge in [0.05, 0.1) is 10.6 Å². The van der Waals surface area contributed by atoms with Crippen LogP contribution >= 0.6 is 11.6 Å². The number of carbonyl (C=O) groups is 2. The summed E-state index contributed by atoms with van der Waals surface area (Å²) < 4.78 is 28.7. The van der Waals surface area contributed by atoms with Crippen LogP contribution in [0.3, 0.4) is 0 Å². The number of aryl methyl sites for hydroxylation is 1. The average molecular weight is 570 g/mol. The topological polar surface area (TPSA) is 86.8 Å². The van der Waals surface area contributed by atoms with Crippen LogP contribution in [0.1, 0.15) is 38.3 Å². The first kappa shape index (κ1) is 30.2. The molecule has 0 heterocycles. The molecule has 0 saturated heterocycles. The molecule has 39 heavy (non-hydrogen) atoms. The third-order valence-corrected chi connectivity index (χ3v) is 8.70. The second-order valence-corrected chi connectivity index (χ2v) is 11.9. The molecule has 2 amide bonds. The van der Waals surface area contributed by atoms with E-state index in [9.17, 15) is 18.0 Å². The molecule has 0 saturated carbocycles. The zero-order valence-electron chi connectivity index (χ0n) is 22.8. The van der Waals surface area contributed by atoms with Crippen molar-refractivity contribution in [3.8, 4) is 0 Å². The summed E-state index contributed by atoms with van der Waals surface area (Å²) in [5.41, 5.74) is 2.31. The molecule has 9 heteroatoms. The lowest BCUT2D eigenvalue weighted by atomic mass is 10.1. The molecule has 0 fully saturated rings. The van der Waals surface area contributed by atoms with E-state index in [1.807, 2.05) is 51.1 Å². The van der Waals surface area contributed by atoms with Crippen LogP contribution < -0.4 is 9.62 Å². The van der Waals surface area contributed by atoms with Crippen molar-refractivity contribution in [3.63, 3.8) is 0 Å². The number of amides is 2. The molecule has 0 aliphatic carbocycles. The maximum atomic E-state index is 13.9. The van der Waals surface area contributed by atoms with Crippen molar-refractivity contribution >= 4 is 39.1 Å². The quantitative estimate of drug-likeness (QED) is 0.324. The highest BCUT2D eigenvalue weighted by molar-refractivity contribution is 7.92. The Balaban J connectivity index is 1.96. The number of benzene rings is 3. The first-order chi connectivity index (χ1) is 18.5. The summed E-state index contributed by atoms with van der Waals surface area (Å²) in [7, 11) is -4.12. The van der Waals surface area contributed by atoms with E-state index in [1.54, 1.807) is 31.2 Å². The van der Waals surface area contributed by atoms with Crippen LogP contribution in [0, 0.1) is 6.92 Å². The summed E-state index contributed by atoms with van der Waals surface area (Å²) in [4.78, 5) is 28.4. The Hall–Kier alpha value is -3.36. The molecule has 1 N–H and O–H groups in total. The van der Waals surface area contributed by atoms with E-state index >= 15 is 0 Å². The molecule has 3 rings (SSSR count). The molecule has 0 spiro atoms. The van der Waals surface area contributed by atoms with Crippen LogP contribution in [-0.2, 0) is 26.0 Å². The highest BCUT2D eigenvalue weighted by Crippen LogP contribution is 2.25. The van der Waals surface area contributed by atoms with Gasteiger partial charge in [-0.25, -0.2) is 8.42 Å². The molecule has 2 unspecified atom stereocenters. The molecule has 0 radical (unpaired) electrons. The van der Waals surface area contributed by atoms with Crippen molar-refractivity contribution in [2.75, 3.05) is 17.4 Å². The molecule has 3 aromatic rings. The Morgan fingerprint density at radius 1 is 0.923 bits per heavy atom. The number of halogens is 1. The molecule has 208 valence electrons. The van der Waals surface area contributed by atoms with Gasteiger partial charge >= 0.3 is 0 Å². The fraction of sp³-hybridized carbons (Fsp3) is 0.333. The molecule has 0 aromatic heterocycles. The van der Waals surface area contributed by atoms with Gasteiger partial charge in [-0.3, -0.25) is 13.9 Å². The molecular formula is C30H36ClN3O4S. The predicted molar refractivity (Wildman–Crippen MR) is 156 cm³/mol. The Labute approximate surface area is 236 Å². The third kappa shape index (κ3) is 8.07. The Kier molecular flexibility index (Phi) is 10.5. The van der Waals surface area contributed by atoms with Gasteiger partial charge in [0, 0.05) is 17.6 Å². The maximum Gasteiger partial charge on any atom is 0.264 e. The van der Waals surface area contributed by atoms with Crippen molar-refractivity contribution in [3.05, 3.63) is 95.0 Å². The summed E-state index contributed by atoms with van der Waals surface area (Å²) in [5.74, 6) is -0.760. The van der Waals surface area contributed by atoms with Gasteiger partial charge in [-0.05, 0) is 75.6 Å². The van der Waals surface area contributed by atoms with E-state index in [0.29, 0.717) is 17.1 Å². The lowest BCUT2D eigenvalue weighted by molar-refractivity contribution is -0.139. The standard InChI is InChI=1S/C30H36ClN3O4S/c1-5-23(3)32-30(36)24(4)33(20-19-25-9-7-6-8-10-25)29(35)21-34(27-15-11-22(2)12-16-27)39(37,38)28-17-13-26(31)14-18-28/h6-18,23-24H,5,19-21H2,1-4H3,(H,32,36). The van der Waals surface area contributed by atoms with Crippen LogP contribution in [0.15, 0.2) is 83.8 Å². The van der Waals surface area contributed by atoms with Gasteiger partial charge in [0.1, 0.15) is 12.6 Å². The summed E-state index contributed by atoms with van der Waals surface area (Å²) >= 11 is 5.99. The van der Waals surface area contributed by atoms with Crippen molar-refractivity contribution in [2.24, 2.45) is 0 Å². The average Bonchev–Trinajstić information content (AvgIpc) is 2.93. The number of hydrogen-bond acceptors (Lipinski definition) is 4. The molecule has 7 nitrogen and oxygen atoms in total. The number of nitrogens with one attached hydrogen (secondary N) is 1. The number of hydrogen-bond donors (Lipinski definition) is 1. The molecular weight excluding hydrogens is 534 g/mol. The summed E-state index contributed by atoms with van der Waals surface area (Å²) in [6.45, 7) is 7.22. The summed E-state index contributed by atoms with van der Waals surface area (Å²) in [6, 6.07) is 21.5. The zero-order valence-corrected chi connectivity index (χ0v) is 24.4. The molecule has 0 aliphatic heterocycles. The Morgan fingerprint density at radius 3 is 2.13 bits per heavy atom. The van der Waals surface area contributed by atoms with Crippen LogP contribution in [0.5, 0.6) is 0 Å². The molecule has 0 bridgehead atoms. The van der Waals surface area contributed by atoms with Gasteiger partial charge in [-0.2, -0.15) is 0 Å². The van der Waals surface area contributed by atoms with Gasteiger partial charge in [-0.1, -0.05) is 66.6 Å². The SMILES string of the molecule is CCC(C)NC(=O)C(C)N(CCc1ccccc1)C(=O)CN(c1ccc(C)cc1)S(=O)(=O)c1ccc(Cl)cc1. The second kappa shape index (κ2) is 13.6. The highest BCUT2D eigenvalue weighted by Gasteiger charge is 2.32. The van der Waals surface area contributed by atoms with Crippen molar-refractivity contribution in [2.45, 2.75) is 57.5 Å². The van der Waals surface area contributed by atoms with Crippen LogP contribution in [-0.4, -0.2) is 50.3 Å². The number of carbonyl (C=O) groups excluding carboxylic acids is 2. The van der Waals surface area contributed by atoms with E-state index in [0.717, 1.165) is 21.9 Å². The fourth-order valence-electron chi connectivity index (χ4n) is 4.01. The molecule has 2 atom stereocenters. The largest absolute Gasteiger partial charge is 0.352 e. The van der Waals surface area contributed by atoms with E-state index in [-0.39, 0.29) is 23.4 Å². The summed E-state index contributed by atoms with van der Waals surface area (Å²) in [6.07, 6.45) is 1.26. The van der Waals surface area contributed by atoms with Crippen molar-refractivity contribution in [1.82, 2.24) is 10.2 Å². The maximum absolute atomic E-state index is 13.9. The van der Waals surface area contributed by atoms with Gasteiger partial charge < -0.3 is 10.2 Å². The monoisotopic (exact) mass is 569 g/mol. The van der Waals surface area contributed by atoms with Gasteiger partial charge in [0.15, 0.2) is 0 Å². The normalized spacial score (nSPS) is 12.8. The molecule has 0 aliphatic rings. The highest BCUT2D eigenvalue weighted by atomic mass is 35.5. The van der Waals surface area contributed by atoms with Crippen molar-refractivity contribution in [1.29, 1.82) is 0 Å². The van der Waals surface area contributed by atoms with Crippen LogP contribution in [0.25, 0.3) is 0 Å². The van der Waals surface area contributed by atoms with Crippen LogP contribution in [0.2, 0.25) is 5.02 Å². The van der Waals surface area contributed by atoms with Gasteiger partial charge in [0.2, 0.25) is 11.8 Å². The van der Waals surface area contributed by atoms with Gasteiger partial charge in [0.25, 0.3) is 10.0 Å². The number of anilines is 1. The zero-order chi connectivity index (χ0) is 28.6. The van der Waals surface area contributed by atoms with Gasteiger partial charge in [-0.15, -0.1) is 0 Å². The minimum atomic E-state index is -4.12. The lowest BCUT2D eigenvalue weighted by Crippen LogP contribution is -2.53. The third-order valence-electron chi connectivity index (χ3n) is 6.65. The first-order valence-corrected chi connectivity index (χ1v) is 14.8. The number of nitrogens with zero attached hydrogens (tertiary/aromatic N) is 2. The lowest BCUT2D eigenvalue weighted by Gasteiger charge is -2.32. The Bertz CT molecular complexity index is 1350. The predicted octanol–water partition coefficient (Wildman–Crippen LogP) is 5.22. The summed E-state index contributed by atoms with van der Waals surface area (Å²) in [5, 5.41) is 3.34. The van der Waals surface area contributed by atoms with E-state index in [1.165, 1.54) is 29.2 Å². The fourth-order valence-corrected chi connectivity index (χ4v) is 5.55. The second-order valence-electron chi connectivity index (χ2n) is 9.62. The Morgan fingerprint density at radius 2 is 1.54 bits per heavy atom. The van der Waals surface area contributed by atoms with E-state index in [4.69, 9.17) is 11.6 Å². The minimum absolute atomic E-state index is 0.0127. The minimum Gasteiger partial charge on any atom is -0.352 e. The smallest absolute Gasteiger partial charge is 0.264 e. The first-order valence-electron chi connectivity index (χ1n) is 13.0. The molecule has 3 aromatic carbocycles. The number of sulfonamides is 1. The van der Waals surface area contributed by atoms with E-state index in [2.05, 4.69) is 5.32 Å².